The summed E-state index contributed by atoms with van der Waals surface area (Å²) in [4.78, 5) is 17.4. The third kappa shape index (κ3) is 2.82. The van der Waals surface area contributed by atoms with Crippen LogP contribution < -0.4 is 9.77 Å². The van der Waals surface area contributed by atoms with Crippen LogP contribution in [0.2, 0.25) is 0 Å². The number of rotatable bonds is 3. The highest BCUT2D eigenvalue weighted by atomic mass is 32.1. The number of benzene rings is 3. The first-order valence-electron chi connectivity index (χ1n) is 11.6. The van der Waals surface area contributed by atoms with Gasteiger partial charge in [0.15, 0.2) is 0 Å². The van der Waals surface area contributed by atoms with Crippen LogP contribution in [0.5, 0.6) is 0 Å². The fraction of sp³-hybridized carbons (Fsp3) is 0.250. The van der Waals surface area contributed by atoms with Gasteiger partial charge in [-0.05, 0) is 84.9 Å². The van der Waals surface area contributed by atoms with E-state index in [2.05, 4.69) is 70.6 Å². The number of H-pyrrole nitrogens is 1. The van der Waals surface area contributed by atoms with Crippen molar-refractivity contribution in [2.45, 2.75) is 44.6 Å². The Morgan fingerprint density at radius 1 is 1.00 bits per heavy atom. The summed E-state index contributed by atoms with van der Waals surface area (Å²) in [5.74, 6) is 0. The maximum atomic E-state index is 11.9. The number of fused-ring (bicyclic) bond motifs is 5. The van der Waals surface area contributed by atoms with Gasteiger partial charge in [-0.15, -0.1) is 0 Å². The molecule has 3 aliphatic rings. The third-order valence-electron chi connectivity index (χ3n) is 7.23. The second-order valence-corrected chi connectivity index (χ2v) is 10.2. The minimum atomic E-state index is 0.0129. The molecule has 0 unspecified atom stereocenters. The van der Waals surface area contributed by atoms with Crippen LogP contribution in [-0.4, -0.2) is 11.0 Å². The largest absolute Gasteiger partial charge is 0.338 e. The molecule has 3 aliphatic carbocycles. The summed E-state index contributed by atoms with van der Waals surface area (Å²) in [5, 5.41) is 2.73. The van der Waals surface area contributed by atoms with Crippen molar-refractivity contribution in [2.24, 2.45) is 0 Å². The van der Waals surface area contributed by atoms with Crippen molar-refractivity contribution in [3.63, 3.8) is 0 Å². The summed E-state index contributed by atoms with van der Waals surface area (Å²) in [7, 11) is 0. The van der Waals surface area contributed by atoms with Gasteiger partial charge >= 0.3 is 4.87 Å². The second kappa shape index (κ2) is 6.94. The van der Waals surface area contributed by atoms with Gasteiger partial charge in [0.25, 0.3) is 0 Å². The number of hydrogen-bond acceptors (Lipinski definition) is 3. The van der Waals surface area contributed by atoms with Gasteiger partial charge in [0, 0.05) is 22.8 Å². The molecule has 0 bridgehead atoms. The lowest BCUT2D eigenvalue weighted by atomic mass is 9.79. The molecular formula is C28H24N2OS. The fourth-order valence-electron chi connectivity index (χ4n) is 5.64. The standard InChI is InChI=1S/C28H24N2OS/c31-28-29-24-15-12-20(16-26(24)32-28)30(19-10-11-19)25-7-3-5-18-9-13-22-21-6-2-1-4-17(21)8-14-23(22)27(18)25/h2-3,5-7,9,12-13,15-16,19H,1,4,8,10-11,14H2,(H,29,31). The maximum absolute atomic E-state index is 11.9. The molecule has 1 fully saturated rings. The van der Waals surface area contributed by atoms with Gasteiger partial charge in [0.05, 0.1) is 10.2 Å². The number of hydrogen-bond donors (Lipinski definition) is 1. The lowest BCUT2D eigenvalue weighted by molar-refractivity contribution is 0.830. The van der Waals surface area contributed by atoms with E-state index < -0.39 is 0 Å². The number of aryl methyl sites for hydroxylation is 1. The molecule has 1 saturated carbocycles. The van der Waals surface area contributed by atoms with E-state index in [0.717, 1.165) is 16.6 Å². The van der Waals surface area contributed by atoms with Crippen molar-refractivity contribution in [3.8, 4) is 0 Å². The number of aromatic nitrogens is 1. The van der Waals surface area contributed by atoms with Crippen molar-refractivity contribution in [2.75, 3.05) is 4.90 Å². The molecule has 0 aliphatic heterocycles. The molecule has 32 heavy (non-hydrogen) atoms. The van der Waals surface area contributed by atoms with Crippen molar-refractivity contribution >= 4 is 49.3 Å². The van der Waals surface area contributed by atoms with Gasteiger partial charge in [-0.1, -0.05) is 53.3 Å². The molecule has 1 aromatic heterocycles. The Labute approximate surface area is 190 Å². The molecule has 0 radical (unpaired) electrons. The summed E-state index contributed by atoms with van der Waals surface area (Å²) in [6, 6.07) is 18.3. The van der Waals surface area contributed by atoms with E-state index in [-0.39, 0.29) is 4.87 Å². The molecular weight excluding hydrogens is 412 g/mol. The third-order valence-corrected chi connectivity index (χ3v) is 8.08. The van der Waals surface area contributed by atoms with Gasteiger partial charge in [-0.25, -0.2) is 0 Å². The maximum Gasteiger partial charge on any atom is 0.305 e. The molecule has 4 heteroatoms. The number of nitrogens with one attached hydrogen (secondary N) is 1. The van der Waals surface area contributed by atoms with Crippen molar-refractivity contribution in [3.05, 3.63) is 87.1 Å². The first kappa shape index (κ1) is 18.5. The van der Waals surface area contributed by atoms with Crippen LogP contribution in [0, 0.1) is 0 Å². The Bertz CT molecular complexity index is 1520. The van der Waals surface area contributed by atoms with Crippen molar-refractivity contribution in [1.82, 2.24) is 4.98 Å². The molecule has 0 amide bonds. The number of thiazole rings is 1. The minimum Gasteiger partial charge on any atom is -0.338 e. The van der Waals surface area contributed by atoms with E-state index in [0.29, 0.717) is 6.04 Å². The molecule has 3 nitrogen and oxygen atoms in total. The zero-order chi connectivity index (χ0) is 21.2. The van der Waals surface area contributed by atoms with Gasteiger partial charge in [0.2, 0.25) is 0 Å². The number of allylic oxidation sites excluding steroid dienone is 4. The zero-order valence-corrected chi connectivity index (χ0v) is 18.7. The Morgan fingerprint density at radius 2 is 1.94 bits per heavy atom. The second-order valence-electron chi connectivity index (χ2n) is 9.22. The SMILES string of the molecule is O=c1[nH]c2ccc(N(c3cccc4ccc5c(c34)CCC3=C5C=CCC3)C3CC3)cc2s1. The topological polar surface area (TPSA) is 36.1 Å². The average Bonchev–Trinajstić information content (AvgIpc) is 3.58. The molecule has 1 N–H and O–H groups in total. The van der Waals surface area contributed by atoms with Crippen molar-refractivity contribution < 1.29 is 0 Å². The zero-order valence-electron chi connectivity index (χ0n) is 17.9. The number of anilines is 2. The Hall–Kier alpha value is -3.11. The number of aromatic amines is 1. The predicted octanol–water partition coefficient (Wildman–Crippen LogP) is 7.09. The molecule has 0 saturated heterocycles. The smallest absolute Gasteiger partial charge is 0.305 e. The van der Waals surface area contributed by atoms with E-state index in [9.17, 15) is 4.79 Å². The summed E-state index contributed by atoms with van der Waals surface area (Å²) in [6.07, 6.45) is 11.8. The first-order valence-corrected chi connectivity index (χ1v) is 12.4. The van der Waals surface area contributed by atoms with E-state index in [1.165, 1.54) is 82.3 Å². The minimum absolute atomic E-state index is 0.0129. The predicted molar refractivity (Wildman–Crippen MR) is 135 cm³/mol. The molecule has 1 heterocycles. The van der Waals surface area contributed by atoms with Gasteiger partial charge < -0.3 is 9.88 Å². The van der Waals surface area contributed by atoms with E-state index in [1.807, 2.05) is 0 Å². The van der Waals surface area contributed by atoms with E-state index >= 15 is 0 Å². The highest BCUT2D eigenvalue weighted by Gasteiger charge is 2.33. The van der Waals surface area contributed by atoms with Gasteiger partial charge in [0.1, 0.15) is 0 Å². The van der Waals surface area contributed by atoms with E-state index in [4.69, 9.17) is 0 Å². The fourth-order valence-corrected chi connectivity index (χ4v) is 6.41. The molecule has 0 atom stereocenters. The lowest BCUT2D eigenvalue weighted by Crippen LogP contribution is -2.20. The molecule has 3 aromatic carbocycles. The Balaban J connectivity index is 1.46. The highest BCUT2D eigenvalue weighted by Crippen LogP contribution is 2.46. The summed E-state index contributed by atoms with van der Waals surface area (Å²) >= 11 is 1.30. The summed E-state index contributed by atoms with van der Waals surface area (Å²) in [6.45, 7) is 0. The Morgan fingerprint density at radius 3 is 2.84 bits per heavy atom. The number of nitrogens with zero attached hydrogens (tertiary/aromatic N) is 1. The summed E-state index contributed by atoms with van der Waals surface area (Å²) in [5.41, 5.74) is 9.45. The van der Waals surface area contributed by atoms with Crippen LogP contribution in [0.1, 0.15) is 43.2 Å². The van der Waals surface area contributed by atoms with Crippen LogP contribution in [0.15, 0.2) is 71.1 Å². The summed E-state index contributed by atoms with van der Waals surface area (Å²) < 4.78 is 1.03. The first-order chi connectivity index (χ1) is 15.8. The highest BCUT2D eigenvalue weighted by molar-refractivity contribution is 7.16. The lowest BCUT2D eigenvalue weighted by Gasteiger charge is -2.30. The van der Waals surface area contributed by atoms with E-state index in [1.54, 1.807) is 5.57 Å². The van der Waals surface area contributed by atoms with Crippen LogP contribution in [0.3, 0.4) is 0 Å². The van der Waals surface area contributed by atoms with Crippen LogP contribution in [0.4, 0.5) is 11.4 Å². The van der Waals surface area contributed by atoms with Crippen LogP contribution in [0.25, 0.3) is 26.6 Å². The molecule has 158 valence electrons. The van der Waals surface area contributed by atoms with Gasteiger partial charge in [-0.3, -0.25) is 4.79 Å². The molecule has 7 rings (SSSR count). The quantitative estimate of drug-likeness (QED) is 0.372. The Kier molecular flexibility index (Phi) is 4.01. The molecule has 0 spiro atoms. The normalized spacial score (nSPS) is 17.6. The van der Waals surface area contributed by atoms with Crippen LogP contribution in [-0.2, 0) is 6.42 Å². The van der Waals surface area contributed by atoms with Crippen molar-refractivity contribution in [1.29, 1.82) is 0 Å². The van der Waals surface area contributed by atoms with Gasteiger partial charge in [-0.2, -0.15) is 0 Å². The van der Waals surface area contributed by atoms with Crippen LogP contribution >= 0.6 is 11.3 Å². The average molecular weight is 437 g/mol. The molecule has 4 aromatic rings. The monoisotopic (exact) mass is 436 g/mol.